The number of nitrogen functional groups attached to an aromatic ring is 1. The predicted molar refractivity (Wildman–Crippen MR) is 142 cm³/mol. The van der Waals surface area contributed by atoms with Crippen LogP contribution in [0.3, 0.4) is 0 Å². The molecule has 4 aromatic rings. The van der Waals surface area contributed by atoms with Crippen LogP contribution in [0.2, 0.25) is 0 Å². The molecular formula is C26H32N8O. The number of nitrogens with one attached hydrogen (secondary N) is 1. The molecule has 2 heterocycles. The molecule has 0 atom stereocenters. The van der Waals surface area contributed by atoms with Gasteiger partial charge in [0.05, 0.1) is 24.2 Å². The maximum atomic E-state index is 6.42. The number of methoxy groups -OCH3 is 1. The average Bonchev–Trinajstić information content (AvgIpc) is 3.63. The second-order valence-corrected chi connectivity index (χ2v) is 9.29. The summed E-state index contributed by atoms with van der Waals surface area (Å²) in [5.41, 5.74) is 10.9. The van der Waals surface area contributed by atoms with Gasteiger partial charge in [-0.25, -0.2) is 9.97 Å². The van der Waals surface area contributed by atoms with E-state index in [1.54, 1.807) is 7.11 Å². The molecule has 0 aliphatic heterocycles. The molecule has 0 unspecified atom stereocenters. The lowest BCUT2D eigenvalue weighted by atomic mass is 10.1. The molecule has 9 nitrogen and oxygen atoms in total. The predicted octanol–water partition coefficient (Wildman–Crippen LogP) is 4.16. The lowest BCUT2D eigenvalue weighted by Crippen LogP contribution is -2.29. The van der Waals surface area contributed by atoms with Crippen molar-refractivity contribution < 1.29 is 4.74 Å². The van der Waals surface area contributed by atoms with Gasteiger partial charge in [0.2, 0.25) is 5.95 Å². The van der Waals surface area contributed by atoms with Crippen LogP contribution < -0.4 is 20.7 Å². The Kier molecular flexibility index (Phi) is 6.17. The number of rotatable bonds is 9. The van der Waals surface area contributed by atoms with Gasteiger partial charge in [0.1, 0.15) is 12.1 Å². The van der Waals surface area contributed by atoms with Gasteiger partial charge in [-0.1, -0.05) is 18.2 Å². The van der Waals surface area contributed by atoms with Gasteiger partial charge in [-0.2, -0.15) is 4.98 Å². The summed E-state index contributed by atoms with van der Waals surface area (Å²) in [6.07, 6.45) is 6.12. The van der Waals surface area contributed by atoms with E-state index in [1.165, 1.54) is 24.7 Å². The summed E-state index contributed by atoms with van der Waals surface area (Å²) in [5.74, 6) is 1.73. The first-order valence-corrected chi connectivity index (χ1v) is 11.8. The Bertz CT molecular complexity index is 1340. The monoisotopic (exact) mass is 472 g/mol. The summed E-state index contributed by atoms with van der Waals surface area (Å²) in [4.78, 5) is 17.8. The lowest BCUT2D eigenvalue weighted by Gasteiger charge is -2.24. The zero-order valence-electron chi connectivity index (χ0n) is 20.7. The van der Waals surface area contributed by atoms with Gasteiger partial charge in [0, 0.05) is 54.9 Å². The topological polar surface area (TPSA) is 97.4 Å². The summed E-state index contributed by atoms with van der Waals surface area (Å²) in [6.45, 7) is 1.77. The van der Waals surface area contributed by atoms with Crippen LogP contribution in [0.4, 0.5) is 23.0 Å². The minimum absolute atomic E-state index is 0.435. The third-order valence-corrected chi connectivity index (χ3v) is 6.38. The SMILES string of the molecule is COc1cc(N(C)CCN(C)C)c(N)cc1Nc1ncnc(-c2cn(C3CC3)c3ccccc23)n1. The highest BCUT2D eigenvalue weighted by Gasteiger charge is 2.26. The lowest BCUT2D eigenvalue weighted by molar-refractivity contribution is 0.413. The summed E-state index contributed by atoms with van der Waals surface area (Å²) < 4.78 is 8.01. The van der Waals surface area contributed by atoms with Gasteiger partial charge < -0.3 is 30.2 Å². The number of ether oxygens (including phenoxy) is 1. The number of fused-ring (bicyclic) bond motifs is 1. The van der Waals surface area contributed by atoms with Gasteiger partial charge in [0.25, 0.3) is 0 Å². The highest BCUT2D eigenvalue weighted by Crippen LogP contribution is 2.41. The van der Waals surface area contributed by atoms with Crippen LogP contribution >= 0.6 is 0 Å². The van der Waals surface area contributed by atoms with E-state index in [9.17, 15) is 0 Å². The summed E-state index contributed by atoms with van der Waals surface area (Å²) >= 11 is 0. The minimum atomic E-state index is 0.435. The molecule has 0 saturated heterocycles. The van der Waals surface area contributed by atoms with Crippen LogP contribution in [0, 0.1) is 0 Å². The molecule has 35 heavy (non-hydrogen) atoms. The van der Waals surface area contributed by atoms with E-state index in [4.69, 9.17) is 15.5 Å². The van der Waals surface area contributed by atoms with Gasteiger partial charge in [0.15, 0.2) is 5.82 Å². The zero-order valence-corrected chi connectivity index (χ0v) is 20.7. The molecule has 0 spiro atoms. The Morgan fingerprint density at radius 3 is 2.66 bits per heavy atom. The molecule has 182 valence electrons. The van der Waals surface area contributed by atoms with Gasteiger partial charge >= 0.3 is 0 Å². The Morgan fingerprint density at radius 2 is 1.91 bits per heavy atom. The third kappa shape index (κ3) is 4.72. The first-order valence-electron chi connectivity index (χ1n) is 11.8. The fourth-order valence-electron chi connectivity index (χ4n) is 4.30. The van der Waals surface area contributed by atoms with Crippen molar-refractivity contribution in [1.82, 2.24) is 24.4 Å². The van der Waals surface area contributed by atoms with Crippen LogP contribution in [0.15, 0.2) is 48.9 Å². The number of nitrogens with zero attached hydrogens (tertiary/aromatic N) is 6. The standard InChI is InChI=1S/C26H32N8O/c1-32(2)11-12-33(3)23-14-24(35-4)21(13-20(23)27)30-26-29-16-28-25(31-26)19-15-34(17-9-10-17)22-8-6-5-7-18(19)22/h5-8,13-17H,9-12,27H2,1-4H3,(H,28,29,30,31). The number of hydrogen-bond donors (Lipinski definition) is 2. The summed E-state index contributed by atoms with van der Waals surface area (Å²) in [5, 5.41) is 4.42. The number of likely N-dealkylation sites (N-methyl/N-ethyl adjacent to an activating group) is 2. The number of nitrogens with two attached hydrogens (primary N) is 1. The van der Waals surface area contributed by atoms with Crippen molar-refractivity contribution in [3.8, 4) is 17.1 Å². The van der Waals surface area contributed by atoms with Crippen molar-refractivity contribution >= 4 is 33.9 Å². The van der Waals surface area contributed by atoms with E-state index in [1.807, 2.05) is 25.2 Å². The Morgan fingerprint density at radius 1 is 1.11 bits per heavy atom. The van der Waals surface area contributed by atoms with E-state index in [0.29, 0.717) is 34.9 Å². The molecule has 2 aromatic carbocycles. The molecule has 3 N–H and O–H groups in total. The van der Waals surface area contributed by atoms with Gasteiger partial charge in [-0.05, 0) is 39.1 Å². The van der Waals surface area contributed by atoms with Crippen molar-refractivity contribution in [3.05, 3.63) is 48.9 Å². The largest absolute Gasteiger partial charge is 0.494 e. The Labute approximate surface area is 205 Å². The highest BCUT2D eigenvalue weighted by molar-refractivity contribution is 5.94. The maximum Gasteiger partial charge on any atom is 0.230 e. The van der Waals surface area contributed by atoms with Crippen molar-refractivity contribution in [2.75, 3.05) is 57.3 Å². The van der Waals surface area contributed by atoms with Crippen molar-refractivity contribution in [2.45, 2.75) is 18.9 Å². The second-order valence-electron chi connectivity index (χ2n) is 9.29. The van der Waals surface area contributed by atoms with Crippen molar-refractivity contribution in [3.63, 3.8) is 0 Å². The highest BCUT2D eigenvalue weighted by atomic mass is 16.5. The molecular weight excluding hydrogens is 440 g/mol. The number of benzene rings is 2. The van der Waals surface area contributed by atoms with Crippen LogP contribution in [-0.4, -0.2) is 65.8 Å². The fourth-order valence-corrected chi connectivity index (χ4v) is 4.30. The molecule has 0 bridgehead atoms. The first kappa shape index (κ1) is 22.9. The van der Waals surface area contributed by atoms with E-state index >= 15 is 0 Å². The molecule has 1 aliphatic rings. The number of para-hydroxylation sites is 1. The van der Waals surface area contributed by atoms with E-state index < -0.39 is 0 Å². The molecule has 0 radical (unpaired) electrons. The van der Waals surface area contributed by atoms with Crippen molar-refractivity contribution in [2.24, 2.45) is 0 Å². The molecule has 1 fully saturated rings. The summed E-state index contributed by atoms with van der Waals surface area (Å²) in [6, 6.07) is 12.8. The van der Waals surface area contributed by atoms with E-state index in [0.717, 1.165) is 29.7 Å². The van der Waals surface area contributed by atoms with Crippen LogP contribution in [0.1, 0.15) is 18.9 Å². The van der Waals surface area contributed by atoms with E-state index in [2.05, 4.69) is 68.1 Å². The normalized spacial score (nSPS) is 13.4. The first-order chi connectivity index (χ1) is 16.9. The van der Waals surface area contributed by atoms with E-state index in [-0.39, 0.29) is 0 Å². The number of anilines is 4. The Hall–Kier alpha value is -3.85. The molecule has 1 saturated carbocycles. The van der Waals surface area contributed by atoms with Gasteiger partial charge in [-0.15, -0.1) is 0 Å². The Balaban J connectivity index is 1.44. The van der Waals surface area contributed by atoms with Crippen LogP contribution in [-0.2, 0) is 0 Å². The fraction of sp³-hybridized carbons (Fsp3) is 0.346. The number of hydrogen-bond acceptors (Lipinski definition) is 8. The third-order valence-electron chi connectivity index (χ3n) is 6.38. The maximum absolute atomic E-state index is 6.42. The molecule has 5 rings (SSSR count). The minimum Gasteiger partial charge on any atom is -0.494 e. The second kappa shape index (κ2) is 9.42. The molecule has 1 aliphatic carbocycles. The van der Waals surface area contributed by atoms with Crippen LogP contribution in [0.25, 0.3) is 22.3 Å². The zero-order chi connectivity index (χ0) is 24.5. The van der Waals surface area contributed by atoms with Crippen LogP contribution in [0.5, 0.6) is 5.75 Å². The molecule has 9 heteroatoms. The number of aromatic nitrogens is 4. The summed E-state index contributed by atoms with van der Waals surface area (Å²) in [7, 11) is 7.78. The molecule has 0 amide bonds. The average molecular weight is 473 g/mol. The van der Waals surface area contributed by atoms with Crippen molar-refractivity contribution in [1.29, 1.82) is 0 Å². The quantitative estimate of drug-likeness (QED) is 0.351. The smallest absolute Gasteiger partial charge is 0.230 e. The molecule has 2 aromatic heterocycles. The van der Waals surface area contributed by atoms with Gasteiger partial charge in [-0.3, -0.25) is 0 Å².